The lowest BCUT2D eigenvalue weighted by Gasteiger charge is -2.35. The molecule has 0 atom stereocenters. The van der Waals surface area contributed by atoms with Crippen LogP contribution in [0.4, 0.5) is 4.79 Å². The second-order valence-corrected chi connectivity index (χ2v) is 5.71. The Balaban J connectivity index is 4.82. The van der Waals surface area contributed by atoms with Gasteiger partial charge in [0, 0.05) is 18.0 Å². The summed E-state index contributed by atoms with van der Waals surface area (Å²) >= 11 is 0. The number of rotatable bonds is 0. The number of hydrogen-bond donors (Lipinski definition) is 1. The summed E-state index contributed by atoms with van der Waals surface area (Å²) in [7, 11) is 0. The Bertz CT molecular complexity index is 259. The maximum Gasteiger partial charge on any atom is 0.324 e. The van der Waals surface area contributed by atoms with Gasteiger partial charge in [0.15, 0.2) is 0 Å². The Hall–Kier alpha value is -1.06. The molecule has 4 heteroatoms. The van der Waals surface area contributed by atoms with Gasteiger partial charge in [-0.25, -0.2) is 4.79 Å². The van der Waals surface area contributed by atoms with Crippen LogP contribution in [0.1, 0.15) is 48.5 Å². The standard InChI is InChI=1S/C11H22N2O2/c1-8(14)13(11(5,6)7)9(15)12-10(2,3)4/h1-7H3,(H,12,15). The predicted octanol–water partition coefficient (Wildman–Crippen LogP) is 2.14. The quantitative estimate of drug-likeness (QED) is 0.671. The Morgan fingerprint density at radius 1 is 1.00 bits per heavy atom. The van der Waals surface area contributed by atoms with E-state index in [4.69, 9.17) is 0 Å². The maximum absolute atomic E-state index is 11.8. The predicted molar refractivity (Wildman–Crippen MR) is 60.6 cm³/mol. The highest BCUT2D eigenvalue weighted by Crippen LogP contribution is 2.14. The summed E-state index contributed by atoms with van der Waals surface area (Å²) in [6.07, 6.45) is 0. The van der Waals surface area contributed by atoms with Gasteiger partial charge < -0.3 is 5.32 Å². The fourth-order valence-electron chi connectivity index (χ4n) is 1.30. The number of nitrogens with one attached hydrogen (secondary N) is 1. The van der Waals surface area contributed by atoms with Gasteiger partial charge in [-0.2, -0.15) is 0 Å². The monoisotopic (exact) mass is 214 g/mol. The Kier molecular flexibility index (Phi) is 3.91. The van der Waals surface area contributed by atoms with Crippen molar-refractivity contribution in [3.63, 3.8) is 0 Å². The summed E-state index contributed by atoms with van der Waals surface area (Å²) in [5.41, 5.74) is -0.836. The molecule has 0 saturated heterocycles. The molecule has 0 aromatic heterocycles. The number of carbonyl (C=O) groups is 2. The largest absolute Gasteiger partial charge is 0.333 e. The van der Waals surface area contributed by atoms with E-state index >= 15 is 0 Å². The maximum atomic E-state index is 11.8. The molecule has 0 aromatic carbocycles. The first-order chi connectivity index (χ1) is 6.45. The number of amides is 3. The van der Waals surface area contributed by atoms with Crippen LogP contribution >= 0.6 is 0 Å². The van der Waals surface area contributed by atoms with E-state index in [9.17, 15) is 9.59 Å². The molecule has 0 spiro atoms. The molecule has 0 rings (SSSR count). The molecule has 0 unspecified atom stereocenters. The van der Waals surface area contributed by atoms with Gasteiger partial charge in [0.2, 0.25) is 5.91 Å². The van der Waals surface area contributed by atoms with Crippen molar-refractivity contribution in [1.29, 1.82) is 0 Å². The highest BCUT2D eigenvalue weighted by atomic mass is 16.2. The molecule has 0 bridgehead atoms. The van der Waals surface area contributed by atoms with Crippen LogP contribution < -0.4 is 5.32 Å². The van der Waals surface area contributed by atoms with Crippen molar-refractivity contribution in [2.45, 2.75) is 59.5 Å². The fourth-order valence-corrected chi connectivity index (χ4v) is 1.30. The van der Waals surface area contributed by atoms with Gasteiger partial charge in [0.25, 0.3) is 0 Å². The molecule has 0 fully saturated rings. The minimum Gasteiger partial charge on any atom is -0.333 e. The smallest absolute Gasteiger partial charge is 0.324 e. The molecular weight excluding hydrogens is 192 g/mol. The van der Waals surface area contributed by atoms with E-state index in [-0.39, 0.29) is 17.5 Å². The second kappa shape index (κ2) is 4.21. The molecule has 0 aromatic rings. The minimum absolute atomic E-state index is 0.246. The molecule has 15 heavy (non-hydrogen) atoms. The van der Waals surface area contributed by atoms with Crippen LogP contribution in [-0.2, 0) is 4.79 Å². The first-order valence-corrected chi connectivity index (χ1v) is 5.08. The molecule has 1 N–H and O–H groups in total. The summed E-state index contributed by atoms with van der Waals surface area (Å²) in [6.45, 7) is 12.5. The Labute approximate surface area is 92.0 Å². The van der Waals surface area contributed by atoms with Crippen LogP contribution in [-0.4, -0.2) is 27.9 Å². The van der Waals surface area contributed by atoms with Gasteiger partial charge in [-0.1, -0.05) is 0 Å². The van der Waals surface area contributed by atoms with Gasteiger partial charge in [0.1, 0.15) is 0 Å². The zero-order valence-electron chi connectivity index (χ0n) is 10.8. The summed E-state index contributed by atoms with van der Waals surface area (Å²) in [5.74, 6) is -0.246. The average molecular weight is 214 g/mol. The van der Waals surface area contributed by atoms with E-state index in [0.717, 1.165) is 0 Å². The SMILES string of the molecule is CC(=O)N(C(=O)NC(C)(C)C)C(C)(C)C. The van der Waals surface area contributed by atoms with E-state index in [1.54, 1.807) is 0 Å². The summed E-state index contributed by atoms with van der Waals surface area (Å²) in [6, 6.07) is -0.345. The van der Waals surface area contributed by atoms with Crippen molar-refractivity contribution in [2.24, 2.45) is 0 Å². The van der Waals surface area contributed by atoms with Crippen LogP contribution in [0.15, 0.2) is 0 Å². The van der Waals surface area contributed by atoms with Crippen molar-refractivity contribution in [2.75, 3.05) is 0 Å². The van der Waals surface area contributed by atoms with E-state index in [1.165, 1.54) is 11.8 Å². The van der Waals surface area contributed by atoms with Crippen molar-refractivity contribution in [1.82, 2.24) is 10.2 Å². The number of hydrogen-bond acceptors (Lipinski definition) is 2. The lowest BCUT2D eigenvalue weighted by Crippen LogP contribution is -2.56. The zero-order chi connectivity index (χ0) is 12.4. The average Bonchev–Trinajstić information content (AvgIpc) is 1.74. The second-order valence-electron chi connectivity index (χ2n) is 5.71. The molecule has 0 aliphatic carbocycles. The molecule has 4 nitrogen and oxygen atoms in total. The normalized spacial score (nSPS) is 12.2. The third-order valence-corrected chi connectivity index (χ3v) is 1.67. The Morgan fingerprint density at radius 2 is 1.40 bits per heavy atom. The van der Waals surface area contributed by atoms with Crippen LogP contribution in [0.3, 0.4) is 0 Å². The zero-order valence-corrected chi connectivity index (χ0v) is 10.8. The van der Waals surface area contributed by atoms with Crippen molar-refractivity contribution >= 4 is 11.9 Å². The first-order valence-electron chi connectivity index (χ1n) is 5.08. The molecular formula is C11H22N2O2. The molecule has 0 saturated carbocycles. The van der Waals surface area contributed by atoms with E-state index in [0.29, 0.717) is 0 Å². The summed E-state index contributed by atoms with van der Waals surface area (Å²) < 4.78 is 0. The van der Waals surface area contributed by atoms with Crippen LogP contribution in [0, 0.1) is 0 Å². The van der Waals surface area contributed by atoms with Gasteiger partial charge in [-0.3, -0.25) is 9.69 Å². The van der Waals surface area contributed by atoms with E-state index < -0.39 is 5.54 Å². The van der Waals surface area contributed by atoms with E-state index in [1.807, 2.05) is 41.5 Å². The summed E-state index contributed by atoms with van der Waals surface area (Å²) in [4.78, 5) is 24.5. The molecule has 0 radical (unpaired) electrons. The third-order valence-electron chi connectivity index (χ3n) is 1.67. The minimum atomic E-state index is -0.499. The van der Waals surface area contributed by atoms with Gasteiger partial charge in [0.05, 0.1) is 0 Å². The number of carbonyl (C=O) groups excluding carboxylic acids is 2. The molecule has 0 aliphatic heterocycles. The van der Waals surface area contributed by atoms with E-state index in [2.05, 4.69) is 5.32 Å². The lowest BCUT2D eigenvalue weighted by atomic mass is 10.1. The van der Waals surface area contributed by atoms with Crippen LogP contribution in [0.25, 0.3) is 0 Å². The number of urea groups is 1. The van der Waals surface area contributed by atoms with Crippen LogP contribution in [0.2, 0.25) is 0 Å². The third kappa shape index (κ3) is 4.81. The highest BCUT2D eigenvalue weighted by molar-refractivity contribution is 5.94. The molecule has 3 amide bonds. The van der Waals surface area contributed by atoms with Crippen molar-refractivity contribution < 1.29 is 9.59 Å². The topological polar surface area (TPSA) is 49.4 Å². The number of nitrogens with zero attached hydrogens (tertiary/aromatic N) is 1. The van der Waals surface area contributed by atoms with Crippen molar-refractivity contribution in [3.8, 4) is 0 Å². The lowest BCUT2D eigenvalue weighted by molar-refractivity contribution is -0.129. The Morgan fingerprint density at radius 3 is 1.60 bits per heavy atom. The van der Waals surface area contributed by atoms with Gasteiger partial charge in [-0.05, 0) is 41.5 Å². The van der Waals surface area contributed by atoms with Crippen molar-refractivity contribution in [3.05, 3.63) is 0 Å². The summed E-state index contributed by atoms with van der Waals surface area (Å²) in [5, 5.41) is 2.77. The first kappa shape index (κ1) is 13.9. The van der Waals surface area contributed by atoms with Gasteiger partial charge >= 0.3 is 6.03 Å². The van der Waals surface area contributed by atoms with Gasteiger partial charge in [-0.15, -0.1) is 0 Å². The molecule has 0 aliphatic rings. The molecule has 88 valence electrons. The number of imide groups is 1. The fraction of sp³-hybridized carbons (Fsp3) is 0.818. The molecule has 0 heterocycles. The highest BCUT2D eigenvalue weighted by Gasteiger charge is 2.31. The van der Waals surface area contributed by atoms with Crippen LogP contribution in [0.5, 0.6) is 0 Å².